The van der Waals surface area contributed by atoms with E-state index in [-0.39, 0.29) is 11.5 Å². The predicted molar refractivity (Wildman–Crippen MR) is 82.4 cm³/mol. The van der Waals surface area contributed by atoms with Crippen molar-refractivity contribution in [3.05, 3.63) is 63.3 Å². The molecule has 106 valence electrons. The van der Waals surface area contributed by atoms with E-state index in [1.54, 1.807) is 49.6 Å². The van der Waals surface area contributed by atoms with Crippen molar-refractivity contribution in [3.63, 3.8) is 0 Å². The third-order valence-corrected chi connectivity index (χ3v) is 3.98. The molecule has 3 rings (SSSR count). The maximum atomic E-state index is 12.3. The molecule has 0 N–H and O–H groups in total. The van der Waals surface area contributed by atoms with Crippen molar-refractivity contribution < 1.29 is 14.3 Å². The second-order valence-electron chi connectivity index (χ2n) is 4.44. The van der Waals surface area contributed by atoms with Crippen molar-refractivity contribution in [3.8, 4) is 11.5 Å². The van der Waals surface area contributed by atoms with Crippen LogP contribution in [-0.2, 0) is 0 Å². The Morgan fingerprint density at radius 1 is 1.19 bits per heavy atom. The van der Waals surface area contributed by atoms with Crippen molar-refractivity contribution in [2.45, 2.75) is 0 Å². The van der Waals surface area contributed by atoms with Crippen molar-refractivity contribution in [2.24, 2.45) is 0 Å². The van der Waals surface area contributed by atoms with Crippen LogP contribution in [0.1, 0.15) is 15.9 Å². The molecule has 0 aromatic heterocycles. The van der Waals surface area contributed by atoms with Crippen LogP contribution >= 0.6 is 23.2 Å². The van der Waals surface area contributed by atoms with E-state index in [0.29, 0.717) is 32.7 Å². The molecule has 2 aromatic carbocycles. The first kappa shape index (κ1) is 14.0. The summed E-state index contributed by atoms with van der Waals surface area (Å²) >= 11 is 12.1. The van der Waals surface area contributed by atoms with Gasteiger partial charge >= 0.3 is 0 Å². The van der Waals surface area contributed by atoms with Gasteiger partial charge in [0.25, 0.3) is 0 Å². The van der Waals surface area contributed by atoms with E-state index in [4.69, 9.17) is 32.7 Å². The number of Topliss-reactive ketones (excluding diaryl/α,β-unsaturated/α-hetero) is 1. The van der Waals surface area contributed by atoms with E-state index in [1.165, 1.54) is 0 Å². The summed E-state index contributed by atoms with van der Waals surface area (Å²) in [6, 6.07) is 10.3. The van der Waals surface area contributed by atoms with Gasteiger partial charge in [-0.3, -0.25) is 4.79 Å². The molecule has 0 saturated heterocycles. The molecule has 0 saturated carbocycles. The number of carbonyl (C=O) groups excluding carboxylic acids is 1. The quantitative estimate of drug-likeness (QED) is 0.757. The SMILES string of the molecule is COc1ccc2c(c1)OC(=Cc1cccc(Cl)c1Cl)C2=O. The molecular weight excluding hydrogens is 311 g/mol. The number of halogens is 2. The first-order valence-electron chi connectivity index (χ1n) is 6.16. The number of benzene rings is 2. The number of carbonyl (C=O) groups is 1. The van der Waals surface area contributed by atoms with Gasteiger partial charge in [0.1, 0.15) is 11.5 Å². The van der Waals surface area contributed by atoms with Gasteiger partial charge in [-0.25, -0.2) is 0 Å². The van der Waals surface area contributed by atoms with Gasteiger partial charge in [0.2, 0.25) is 5.78 Å². The fourth-order valence-corrected chi connectivity index (χ4v) is 2.43. The summed E-state index contributed by atoms with van der Waals surface area (Å²) in [6.07, 6.45) is 1.59. The lowest BCUT2D eigenvalue weighted by atomic mass is 10.1. The summed E-state index contributed by atoms with van der Waals surface area (Å²) in [6.45, 7) is 0. The standard InChI is InChI=1S/C16H10Cl2O3/c1-20-10-5-6-11-13(8-10)21-14(16(11)19)7-9-3-2-4-12(17)15(9)18/h2-8H,1H3. The van der Waals surface area contributed by atoms with Crippen LogP contribution in [0, 0.1) is 0 Å². The van der Waals surface area contributed by atoms with Crippen LogP contribution in [0.25, 0.3) is 6.08 Å². The molecule has 1 aliphatic heterocycles. The topological polar surface area (TPSA) is 35.5 Å². The van der Waals surface area contributed by atoms with E-state index in [0.717, 1.165) is 0 Å². The molecule has 0 spiro atoms. The average molecular weight is 321 g/mol. The van der Waals surface area contributed by atoms with Crippen LogP contribution in [-0.4, -0.2) is 12.9 Å². The minimum absolute atomic E-state index is 0.191. The number of ether oxygens (including phenoxy) is 2. The lowest BCUT2D eigenvalue weighted by molar-refractivity contribution is 0.101. The highest BCUT2D eigenvalue weighted by Gasteiger charge is 2.27. The Bertz CT molecular complexity index is 766. The molecule has 1 aliphatic rings. The van der Waals surface area contributed by atoms with Gasteiger partial charge in [0.05, 0.1) is 22.7 Å². The first-order valence-corrected chi connectivity index (χ1v) is 6.92. The number of ketones is 1. The molecule has 2 aromatic rings. The molecule has 0 radical (unpaired) electrons. The molecule has 1 heterocycles. The summed E-state index contributed by atoms with van der Waals surface area (Å²) in [4.78, 5) is 12.3. The van der Waals surface area contributed by atoms with Gasteiger partial charge < -0.3 is 9.47 Å². The number of rotatable bonds is 2. The molecule has 3 nitrogen and oxygen atoms in total. The predicted octanol–water partition coefficient (Wildman–Crippen LogP) is 4.62. The first-order chi connectivity index (χ1) is 10.1. The molecule has 0 unspecified atom stereocenters. The van der Waals surface area contributed by atoms with Gasteiger partial charge in [-0.2, -0.15) is 0 Å². The van der Waals surface area contributed by atoms with Gasteiger partial charge in [0.15, 0.2) is 5.76 Å². The minimum Gasteiger partial charge on any atom is -0.497 e. The summed E-state index contributed by atoms with van der Waals surface area (Å²) in [5, 5.41) is 0.812. The van der Waals surface area contributed by atoms with Crippen molar-refractivity contribution in [2.75, 3.05) is 7.11 Å². The smallest absolute Gasteiger partial charge is 0.231 e. The van der Waals surface area contributed by atoms with Gasteiger partial charge in [-0.15, -0.1) is 0 Å². The third-order valence-electron chi connectivity index (χ3n) is 3.15. The molecule has 0 aliphatic carbocycles. The van der Waals surface area contributed by atoms with Crippen molar-refractivity contribution >= 4 is 35.1 Å². The number of hydrogen-bond acceptors (Lipinski definition) is 3. The Labute approximate surface area is 131 Å². The Kier molecular flexibility index (Phi) is 3.62. The zero-order valence-electron chi connectivity index (χ0n) is 11.0. The average Bonchev–Trinajstić information content (AvgIpc) is 2.79. The Hall–Kier alpha value is -1.97. The van der Waals surface area contributed by atoms with Gasteiger partial charge in [-0.05, 0) is 29.8 Å². The summed E-state index contributed by atoms with van der Waals surface area (Å²) in [7, 11) is 1.56. The largest absolute Gasteiger partial charge is 0.497 e. The van der Waals surface area contributed by atoms with Crippen LogP contribution in [0.3, 0.4) is 0 Å². The number of hydrogen-bond donors (Lipinski definition) is 0. The summed E-state index contributed by atoms with van der Waals surface area (Å²) < 4.78 is 10.7. The van der Waals surface area contributed by atoms with Gasteiger partial charge in [-0.1, -0.05) is 35.3 Å². The fourth-order valence-electron chi connectivity index (χ4n) is 2.07. The summed E-state index contributed by atoms with van der Waals surface area (Å²) in [5.74, 6) is 1.12. The zero-order valence-corrected chi connectivity index (χ0v) is 12.5. The minimum atomic E-state index is -0.191. The van der Waals surface area contributed by atoms with E-state index < -0.39 is 0 Å². The highest BCUT2D eigenvalue weighted by molar-refractivity contribution is 6.43. The molecule has 21 heavy (non-hydrogen) atoms. The maximum Gasteiger partial charge on any atom is 0.231 e. The third kappa shape index (κ3) is 2.50. The Balaban J connectivity index is 2.01. The van der Waals surface area contributed by atoms with Crippen LogP contribution < -0.4 is 9.47 Å². The van der Waals surface area contributed by atoms with E-state index in [9.17, 15) is 4.79 Å². The molecule has 0 atom stereocenters. The van der Waals surface area contributed by atoms with E-state index in [1.807, 2.05) is 0 Å². The van der Waals surface area contributed by atoms with Crippen LogP contribution in [0.15, 0.2) is 42.2 Å². The molecule has 0 amide bonds. The highest BCUT2D eigenvalue weighted by atomic mass is 35.5. The zero-order chi connectivity index (χ0) is 15.0. The van der Waals surface area contributed by atoms with E-state index in [2.05, 4.69) is 0 Å². The monoisotopic (exact) mass is 320 g/mol. The second-order valence-corrected chi connectivity index (χ2v) is 5.23. The van der Waals surface area contributed by atoms with Gasteiger partial charge in [0, 0.05) is 6.07 Å². The van der Waals surface area contributed by atoms with E-state index >= 15 is 0 Å². The normalized spacial score (nSPS) is 15.0. The number of fused-ring (bicyclic) bond motifs is 1. The number of methoxy groups -OCH3 is 1. The highest BCUT2D eigenvalue weighted by Crippen LogP contribution is 2.36. The van der Waals surface area contributed by atoms with Crippen LogP contribution in [0.4, 0.5) is 0 Å². The van der Waals surface area contributed by atoms with Crippen LogP contribution in [0.5, 0.6) is 11.5 Å². The lowest BCUT2D eigenvalue weighted by Gasteiger charge is -2.03. The Morgan fingerprint density at radius 3 is 2.76 bits per heavy atom. The maximum absolute atomic E-state index is 12.3. The fraction of sp³-hybridized carbons (Fsp3) is 0.0625. The summed E-state index contributed by atoms with van der Waals surface area (Å²) in [5.41, 5.74) is 1.13. The number of allylic oxidation sites excluding steroid dienone is 1. The molecule has 5 heteroatoms. The van der Waals surface area contributed by atoms with Crippen molar-refractivity contribution in [1.82, 2.24) is 0 Å². The molecule has 0 bridgehead atoms. The van der Waals surface area contributed by atoms with Crippen LogP contribution in [0.2, 0.25) is 10.0 Å². The molecule has 0 fully saturated rings. The lowest BCUT2D eigenvalue weighted by Crippen LogP contribution is -1.98. The second kappa shape index (κ2) is 5.43. The van der Waals surface area contributed by atoms with Crippen molar-refractivity contribution in [1.29, 1.82) is 0 Å². The Morgan fingerprint density at radius 2 is 2.00 bits per heavy atom. The molecular formula is C16H10Cl2O3.